The highest BCUT2D eigenvalue weighted by molar-refractivity contribution is 8.10. The van der Waals surface area contributed by atoms with E-state index in [0.717, 1.165) is 23.8 Å². The maximum atomic E-state index is 5.02. The molecule has 72 valence electrons. The lowest BCUT2D eigenvalue weighted by Crippen LogP contribution is -2.27. The molecular formula is C9H19NS2. The fourth-order valence-electron chi connectivity index (χ4n) is 1.13. The summed E-state index contributed by atoms with van der Waals surface area (Å²) >= 11 is 9.21. The van der Waals surface area contributed by atoms with Crippen LogP contribution in [0.5, 0.6) is 0 Å². The molecule has 0 rings (SSSR count). The molecule has 0 aliphatic rings. The SMILES string of the molecule is CCCCCN(CCC)C(=S)S. The molecule has 0 atom stereocenters. The van der Waals surface area contributed by atoms with Crippen LogP contribution in [0, 0.1) is 0 Å². The van der Waals surface area contributed by atoms with Crippen molar-refractivity contribution in [1.82, 2.24) is 4.90 Å². The highest BCUT2D eigenvalue weighted by atomic mass is 32.1. The first-order valence-corrected chi connectivity index (χ1v) is 5.55. The van der Waals surface area contributed by atoms with Crippen molar-refractivity contribution in [2.45, 2.75) is 39.5 Å². The molecule has 0 radical (unpaired) electrons. The van der Waals surface area contributed by atoms with Crippen LogP contribution in [-0.2, 0) is 0 Å². The van der Waals surface area contributed by atoms with Crippen LogP contribution in [0.25, 0.3) is 0 Å². The van der Waals surface area contributed by atoms with E-state index in [1.165, 1.54) is 19.3 Å². The Kier molecular flexibility index (Phi) is 8.02. The number of nitrogens with zero attached hydrogens (tertiary/aromatic N) is 1. The molecule has 1 nitrogen and oxygen atoms in total. The summed E-state index contributed by atoms with van der Waals surface area (Å²) in [6.07, 6.45) is 4.93. The second-order valence-corrected chi connectivity index (χ2v) is 4.09. The topological polar surface area (TPSA) is 3.24 Å². The fraction of sp³-hybridized carbons (Fsp3) is 0.889. The molecule has 0 fully saturated rings. The average Bonchev–Trinajstić information content (AvgIpc) is 2.03. The lowest BCUT2D eigenvalue weighted by atomic mass is 10.2. The first kappa shape index (κ1) is 12.2. The molecule has 0 aliphatic carbocycles. The molecule has 0 heterocycles. The zero-order valence-corrected chi connectivity index (χ0v) is 9.76. The third-order valence-electron chi connectivity index (χ3n) is 1.80. The van der Waals surface area contributed by atoms with Crippen LogP contribution >= 0.6 is 24.8 Å². The van der Waals surface area contributed by atoms with Crippen LogP contribution in [0.4, 0.5) is 0 Å². The van der Waals surface area contributed by atoms with Crippen molar-refractivity contribution >= 4 is 29.2 Å². The van der Waals surface area contributed by atoms with Gasteiger partial charge in [0.15, 0.2) is 0 Å². The van der Waals surface area contributed by atoms with Crippen LogP contribution < -0.4 is 0 Å². The van der Waals surface area contributed by atoms with Crippen molar-refractivity contribution in [3.05, 3.63) is 0 Å². The minimum Gasteiger partial charge on any atom is -0.358 e. The lowest BCUT2D eigenvalue weighted by Gasteiger charge is -2.21. The van der Waals surface area contributed by atoms with Crippen molar-refractivity contribution in [2.24, 2.45) is 0 Å². The molecule has 0 amide bonds. The normalized spacial score (nSPS) is 9.92. The molecule has 0 saturated carbocycles. The van der Waals surface area contributed by atoms with Gasteiger partial charge in [0.25, 0.3) is 0 Å². The molecule has 0 aliphatic heterocycles. The largest absolute Gasteiger partial charge is 0.358 e. The van der Waals surface area contributed by atoms with E-state index in [2.05, 4.69) is 31.4 Å². The molecular weight excluding hydrogens is 186 g/mol. The van der Waals surface area contributed by atoms with Crippen molar-refractivity contribution < 1.29 is 0 Å². The smallest absolute Gasteiger partial charge is 0.133 e. The molecule has 0 N–H and O–H groups in total. The fourth-order valence-corrected chi connectivity index (χ4v) is 1.51. The number of thiol groups is 1. The van der Waals surface area contributed by atoms with Crippen LogP contribution in [0.3, 0.4) is 0 Å². The molecule has 0 aromatic rings. The second-order valence-electron chi connectivity index (χ2n) is 2.98. The van der Waals surface area contributed by atoms with Crippen molar-refractivity contribution in [2.75, 3.05) is 13.1 Å². The quantitative estimate of drug-likeness (QED) is 0.403. The summed E-state index contributed by atoms with van der Waals surface area (Å²) in [6, 6.07) is 0. The van der Waals surface area contributed by atoms with Gasteiger partial charge in [0.05, 0.1) is 0 Å². The van der Waals surface area contributed by atoms with Gasteiger partial charge in [-0.1, -0.05) is 38.9 Å². The van der Waals surface area contributed by atoms with E-state index in [0.29, 0.717) is 0 Å². The summed E-state index contributed by atoms with van der Waals surface area (Å²) in [4.78, 5) is 2.17. The van der Waals surface area contributed by atoms with E-state index in [4.69, 9.17) is 12.2 Å². The monoisotopic (exact) mass is 205 g/mol. The Morgan fingerprint density at radius 2 is 1.83 bits per heavy atom. The van der Waals surface area contributed by atoms with Crippen LogP contribution in [-0.4, -0.2) is 22.3 Å². The molecule has 3 heteroatoms. The van der Waals surface area contributed by atoms with E-state index >= 15 is 0 Å². The Morgan fingerprint density at radius 1 is 1.17 bits per heavy atom. The number of unbranched alkanes of at least 4 members (excludes halogenated alkanes) is 2. The van der Waals surface area contributed by atoms with Gasteiger partial charge in [-0.05, 0) is 12.8 Å². The lowest BCUT2D eigenvalue weighted by molar-refractivity contribution is 0.415. The molecule has 0 aromatic carbocycles. The van der Waals surface area contributed by atoms with E-state index < -0.39 is 0 Å². The summed E-state index contributed by atoms with van der Waals surface area (Å²) in [6.45, 7) is 6.50. The average molecular weight is 205 g/mol. The van der Waals surface area contributed by atoms with E-state index in [1.54, 1.807) is 0 Å². The Balaban J connectivity index is 3.56. The highest BCUT2D eigenvalue weighted by Gasteiger charge is 2.02. The van der Waals surface area contributed by atoms with Gasteiger partial charge < -0.3 is 4.90 Å². The third kappa shape index (κ3) is 5.84. The Labute approximate surface area is 86.9 Å². The Hall–Kier alpha value is 0.240. The second kappa shape index (κ2) is 7.87. The predicted octanol–water partition coefficient (Wildman–Crippen LogP) is 3.10. The van der Waals surface area contributed by atoms with Gasteiger partial charge in [-0.25, -0.2) is 0 Å². The van der Waals surface area contributed by atoms with Gasteiger partial charge in [-0.2, -0.15) is 0 Å². The Morgan fingerprint density at radius 3 is 2.25 bits per heavy atom. The van der Waals surface area contributed by atoms with E-state index in [1.807, 2.05) is 0 Å². The zero-order valence-electron chi connectivity index (χ0n) is 8.05. The van der Waals surface area contributed by atoms with Gasteiger partial charge in [0, 0.05) is 13.1 Å². The van der Waals surface area contributed by atoms with Gasteiger partial charge in [-0.15, -0.1) is 12.6 Å². The first-order valence-electron chi connectivity index (χ1n) is 4.70. The summed E-state index contributed by atoms with van der Waals surface area (Å²) in [7, 11) is 0. The van der Waals surface area contributed by atoms with Crippen LogP contribution in [0.1, 0.15) is 39.5 Å². The number of thiocarbonyl (C=S) groups is 1. The maximum absolute atomic E-state index is 5.02. The summed E-state index contributed by atoms with van der Waals surface area (Å²) in [5.41, 5.74) is 0. The van der Waals surface area contributed by atoms with Gasteiger partial charge in [-0.3, -0.25) is 0 Å². The summed E-state index contributed by atoms with van der Waals surface area (Å²) in [5, 5.41) is 0. The maximum Gasteiger partial charge on any atom is 0.133 e. The predicted molar refractivity (Wildman–Crippen MR) is 63.0 cm³/mol. The van der Waals surface area contributed by atoms with Crippen molar-refractivity contribution in [1.29, 1.82) is 0 Å². The third-order valence-corrected chi connectivity index (χ3v) is 2.34. The van der Waals surface area contributed by atoms with Gasteiger partial charge >= 0.3 is 0 Å². The molecule has 0 aromatic heterocycles. The molecule has 0 unspecified atom stereocenters. The van der Waals surface area contributed by atoms with Gasteiger partial charge in [0.1, 0.15) is 4.32 Å². The molecule has 0 bridgehead atoms. The van der Waals surface area contributed by atoms with E-state index in [-0.39, 0.29) is 0 Å². The van der Waals surface area contributed by atoms with Gasteiger partial charge in [0.2, 0.25) is 0 Å². The first-order chi connectivity index (χ1) is 5.72. The molecule has 0 saturated heterocycles. The Bertz CT molecular complexity index is 126. The number of hydrogen-bond acceptors (Lipinski definition) is 1. The minimum absolute atomic E-state index is 0.743. The zero-order chi connectivity index (χ0) is 9.40. The summed E-state index contributed by atoms with van der Waals surface area (Å²) in [5.74, 6) is 0. The van der Waals surface area contributed by atoms with Crippen molar-refractivity contribution in [3.8, 4) is 0 Å². The summed E-state index contributed by atoms with van der Waals surface area (Å²) < 4.78 is 0.743. The van der Waals surface area contributed by atoms with Crippen molar-refractivity contribution in [3.63, 3.8) is 0 Å². The molecule has 12 heavy (non-hydrogen) atoms. The minimum atomic E-state index is 0.743. The number of rotatable bonds is 6. The number of hydrogen-bond donors (Lipinski definition) is 1. The van der Waals surface area contributed by atoms with Crippen LogP contribution in [0.15, 0.2) is 0 Å². The molecule has 0 spiro atoms. The van der Waals surface area contributed by atoms with Crippen LogP contribution in [0.2, 0.25) is 0 Å². The highest BCUT2D eigenvalue weighted by Crippen LogP contribution is 2.03. The van der Waals surface area contributed by atoms with E-state index in [9.17, 15) is 0 Å². The standard InChI is InChI=1S/C9H19NS2/c1-3-5-6-8-10(7-4-2)9(11)12/h3-8H2,1-2H3,(H,11,12).